The van der Waals surface area contributed by atoms with Gasteiger partial charge in [0.1, 0.15) is 11.6 Å². The smallest absolute Gasteiger partial charge is 0.121 e. The predicted molar refractivity (Wildman–Crippen MR) is 98.4 cm³/mol. The number of aliphatic imine (C=N–C) groups is 1. The molecular formula is C20H26N2O2. The van der Waals surface area contributed by atoms with Gasteiger partial charge >= 0.3 is 0 Å². The fourth-order valence-electron chi connectivity index (χ4n) is 3.33. The Bertz CT molecular complexity index is 670. The zero-order valence-corrected chi connectivity index (χ0v) is 14.7. The molecule has 1 aliphatic heterocycles. The van der Waals surface area contributed by atoms with Crippen LogP contribution in [0.5, 0.6) is 5.75 Å². The van der Waals surface area contributed by atoms with Gasteiger partial charge in [-0.15, -0.1) is 0 Å². The molecule has 1 saturated carbocycles. The summed E-state index contributed by atoms with van der Waals surface area (Å²) in [6.07, 6.45) is 3.27. The molecule has 128 valence electrons. The zero-order valence-electron chi connectivity index (χ0n) is 14.7. The van der Waals surface area contributed by atoms with Gasteiger partial charge in [-0.2, -0.15) is 0 Å². The number of morpholine rings is 1. The Morgan fingerprint density at radius 3 is 2.79 bits per heavy atom. The minimum atomic E-state index is 0.759. The van der Waals surface area contributed by atoms with Crippen molar-refractivity contribution in [1.82, 2.24) is 4.90 Å². The normalized spacial score (nSPS) is 21.9. The van der Waals surface area contributed by atoms with Crippen molar-refractivity contribution >= 4 is 11.3 Å². The van der Waals surface area contributed by atoms with E-state index < -0.39 is 0 Å². The number of ether oxygens (including phenoxy) is 2. The highest BCUT2D eigenvalue weighted by Gasteiger charge is 2.20. The predicted octanol–water partition coefficient (Wildman–Crippen LogP) is 3.90. The van der Waals surface area contributed by atoms with Crippen LogP contribution in [0, 0.1) is 0 Å². The maximum Gasteiger partial charge on any atom is 0.121 e. The summed E-state index contributed by atoms with van der Waals surface area (Å²) >= 11 is 0. The first kappa shape index (κ1) is 16.8. The van der Waals surface area contributed by atoms with E-state index in [4.69, 9.17) is 14.5 Å². The van der Waals surface area contributed by atoms with Crippen LogP contribution in [-0.2, 0) is 4.74 Å². The molecule has 4 heteroatoms. The van der Waals surface area contributed by atoms with Crippen molar-refractivity contribution in [3.05, 3.63) is 47.8 Å². The van der Waals surface area contributed by atoms with Crippen LogP contribution in [0.3, 0.4) is 0 Å². The first-order chi connectivity index (χ1) is 11.7. The van der Waals surface area contributed by atoms with Crippen molar-refractivity contribution < 1.29 is 9.47 Å². The molecule has 0 aromatic heterocycles. The van der Waals surface area contributed by atoms with Gasteiger partial charge in [0, 0.05) is 18.8 Å². The molecule has 3 rings (SSSR count). The van der Waals surface area contributed by atoms with Gasteiger partial charge < -0.3 is 14.4 Å². The minimum Gasteiger partial charge on any atom is -0.497 e. The average molecular weight is 326 g/mol. The van der Waals surface area contributed by atoms with Crippen molar-refractivity contribution in [1.29, 1.82) is 0 Å². The van der Waals surface area contributed by atoms with E-state index in [1.807, 2.05) is 12.1 Å². The quantitative estimate of drug-likeness (QED) is 0.841. The number of allylic oxidation sites excluding steroid dienone is 2. The van der Waals surface area contributed by atoms with Crippen LogP contribution in [0.2, 0.25) is 0 Å². The van der Waals surface area contributed by atoms with E-state index in [1.54, 1.807) is 7.11 Å². The van der Waals surface area contributed by atoms with E-state index in [-0.39, 0.29) is 0 Å². The summed E-state index contributed by atoms with van der Waals surface area (Å²) in [5.74, 6) is 1.76. The first-order valence-corrected chi connectivity index (χ1v) is 8.63. The van der Waals surface area contributed by atoms with E-state index in [2.05, 4.69) is 30.5 Å². The molecule has 0 N–H and O–H groups in total. The lowest BCUT2D eigenvalue weighted by Crippen LogP contribution is -2.35. The molecular weight excluding hydrogens is 300 g/mol. The molecule has 1 aromatic carbocycles. The highest BCUT2D eigenvalue weighted by molar-refractivity contribution is 6.08. The van der Waals surface area contributed by atoms with Crippen LogP contribution in [0.15, 0.2) is 47.2 Å². The third-order valence-electron chi connectivity index (χ3n) is 4.78. The van der Waals surface area contributed by atoms with Gasteiger partial charge in [-0.1, -0.05) is 18.7 Å². The Labute approximate surface area is 144 Å². The molecule has 0 radical (unpaired) electrons. The van der Waals surface area contributed by atoms with Crippen LogP contribution in [0.4, 0.5) is 0 Å². The Balaban J connectivity index is 1.85. The molecule has 0 atom stereocenters. The first-order valence-electron chi connectivity index (χ1n) is 8.63. The lowest BCUT2D eigenvalue weighted by molar-refractivity contribution is 0.0534. The standard InChI is InChI=1S/C20H26N2O2/c1-15(17-6-4-7-18(14-17)23-3)19-8-5-9-20(19)21-16(2)22-10-12-24-13-11-22/h4,6-7,14H,2,5,8-13H2,1,3H3/b19-15+,21-20?. The summed E-state index contributed by atoms with van der Waals surface area (Å²) in [7, 11) is 1.70. The number of hydrogen-bond donors (Lipinski definition) is 0. The van der Waals surface area contributed by atoms with E-state index in [9.17, 15) is 0 Å². The van der Waals surface area contributed by atoms with Gasteiger partial charge in [-0.25, -0.2) is 4.99 Å². The zero-order chi connectivity index (χ0) is 16.9. The monoisotopic (exact) mass is 326 g/mol. The van der Waals surface area contributed by atoms with E-state index in [0.29, 0.717) is 0 Å². The third-order valence-corrected chi connectivity index (χ3v) is 4.78. The number of methoxy groups -OCH3 is 1. The molecule has 1 heterocycles. The Hall–Kier alpha value is -2.07. The SMILES string of the molecule is C=C(N=C1CCC/C1=C(/C)c1cccc(OC)c1)N1CCOCC1. The lowest BCUT2D eigenvalue weighted by atomic mass is 9.99. The second kappa shape index (κ2) is 7.67. The lowest BCUT2D eigenvalue weighted by Gasteiger charge is -2.28. The molecule has 2 fully saturated rings. The highest BCUT2D eigenvalue weighted by Crippen LogP contribution is 2.32. The fraction of sp³-hybridized carbons (Fsp3) is 0.450. The summed E-state index contributed by atoms with van der Waals surface area (Å²) in [5.41, 5.74) is 5.04. The molecule has 1 aliphatic carbocycles. The molecule has 24 heavy (non-hydrogen) atoms. The summed E-state index contributed by atoms with van der Waals surface area (Å²) in [6.45, 7) is 9.63. The van der Waals surface area contributed by atoms with Gasteiger partial charge in [-0.05, 0) is 55.0 Å². The maximum absolute atomic E-state index is 5.41. The third kappa shape index (κ3) is 3.70. The van der Waals surface area contributed by atoms with Gasteiger partial charge in [0.15, 0.2) is 0 Å². The Morgan fingerprint density at radius 1 is 1.25 bits per heavy atom. The van der Waals surface area contributed by atoms with Gasteiger partial charge in [0.2, 0.25) is 0 Å². The molecule has 1 aromatic rings. The van der Waals surface area contributed by atoms with Gasteiger partial charge in [-0.3, -0.25) is 0 Å². The van der Waals surface area contributed by atoms with E-state index >= 15 is 0 Å². The maximum atomic E-state index is 5.41. The largest absolute Gasteiger partial charge is 0.497 e. The Kier molecular flexibility index (Phi) is 5.36. The summed E-state index contributed by atoms with van der Waals surface area (Å²) in [5, 5.41) is 0. The molecule has 0 unspecified atom stereocenters. The van der Waals surface area contributed by atoms with Crippen LogP contribution in [-0.4, -0.2) is 44.0 Å². The fourth-order valence-corrected chi connectivity index (χ4v) is 3.33. The molecule has 0 spiro atoms. The minimum absolute atomic E-state index is 0.759. The van der Waals surface area contributed by atoms with E-state index in [1.165, 1.54) is 22.4 Å². The van der Waals surface area contributed by atoms with Crippen LogP contribution >= 0.6 is 0 Å². The molecule has 0 bridgehead atoms. The molecule has 2 aliphatic rings. The van der Waals surface area contributed by atoms with Crippen LogP contribution in [0.25, 0.3) is 5.57 Å². The van der Waals surface area contributed by atoms with Crippen molar-refractivity contribution in [3.8, 4) is 5.75 Å². The second-order valence-electron chi connectivity index (χ2n) is 6.26. The topological polar surface area (TPSA) is 34.1 Å². The molecule has 4 nitrogen and oxygen atoms in total. The second-order valence-corrected chi connectivity index (χ2v) is 6.26. The Morgan fingerprint density at radius 2 is 2.04 bits per heavy atom. The number of benzene rings is 1. The highest BCUT2D eigenvalue weighted by atomic mass is 16.5. The van der Waals surface area contributed by atoms with Gasteiger partial charge in [0.05, 0.1) is 20.3 Å². The van der Waals surface area contributed by atoms with E-state index in [0.717, 1.165) is 57.1 Å². The summed E-state index contributed by atoms with van der Waals surface area (Å²) in [6, 6.07) is 8.24. The number of rotatable bonds is 4. The summed E-state index contributed by atoms with van der Waals surface area (Å²) < 4.78 is 10.8. The van der Waals surface area contributed by atoms with Crippen molar-refractivity contribution in [3.63, 3.8) is 0 Å². The molecule has 0 amide bonds. The summed E-state index contributed by atoms with van der Waals surface area (Å²) in [4.78, 5) is 7.09. The van der Waals surface area contributed by atoms with Gasteiger partial charge in [0.25, 0.3) is 0 Å². The van der Waals surface area contributed by atoms with Crippen LogP contribution < -0.4 is 4.74 Å². The van der Waals surface area contributed by atoms with Crippen LogP contribution in [0.1, 0.15) is 31.7 Å². The number of nitrogens with zero attached hydrogens (tertiary/aromatic N) is 2. The van der Waals surface area contributed by atoms with Crippen molar-refractivity contribution in [2.75, 3.05) is 33.4 Å². The number of hydrogen-bond acceptors (Lipinski definition) is 4. The van der Waals surface area contributed by atoms with Crippen molar-refractivity contribution in [2.45, 2.75) is 26.2 Å². The van der Waals surface area contributed by atoms with Crippen molar-refractivity contribution in [2.24, 2.45) is 4.99 Å². The molecule has 1 saturated heterocycles. The average Bonchev–Trinajstić information content (AvgIpc) is 3.10.